The summed E-state index contributed by atoms with van der Waals surface area (Å²) in [7, 11) is 1.76. The summed E-state index contributed by atoms with van der Waals surface area (Å²) in [6, 6.07) is 10.9. The van der Waals surface area contributed by atoms with Gasteiger partial charge in [-0.1, -0.05) is 13.0 Å². The minimum absolute atomic E-state index is 0.0390. The van der Waals surface area contributed by atoms with Crippen LogP contribution in [0.5, 0.6) is 5.88 Å². The van der Waals surface area contributed by atoms with Crippen LogP contribution in [0.4, 0.5) is 24.7 Å². The molecule has 1 spiro atoms. The maximum Gasteiger partial charge on any atom is 0.435 e. The first-order chi connectivity index (χ1) is 21.6. The summed E-state index contributed by atoms with van der Waals surface area (Å²) < 4.78 is 48.7. The monoisotopic (exact) mass is 623 g/mol. The van der Waals surface area contributed by atoms with Crippen molar-refractivity contribution < 1.29 is 22.7 Å². The zero-order valence-corrected chi connectivity index (χ0v) is 26.0. The number of rotatable bonds is 8. The summed E-state index contributed by atoms with van der Waals surface area (Å²) in [4.78, 5) is 32.9. The van der Waals surface area contributed by atoms with Crippen LogP contribution in [-0.4, -0.2) is 84.7 Å². The van der Waals surface area contributed by atoms with E-state index >= 15 is 0 Å². The molecule has 0 bridgehead atoms. The minimum Gasteiger partial charge on any atom is -0.477 e. The predicted octanol–water partition coefficient (Wildman–Crippen LogP) is 5.16. The summed E-state index contributed by atoms with van der Waals surface area (Å²) in [5.74, 6) is 0.660. The number of nitrogens with one attached hydrogen (secondary N) is 1. The van der Waals surface area contributed by atoms with Gasteiger partial charge < -0.3 is 24.8 Å². The Morgan fingerprint density at radius 1 is 1.11 bits per heavy atom. The number of hydrogen-bond acceptors (Lipinski definition) is 8. The largest absolute Gasteiger partial charge is 0.477 e. The smallest absolute Gasteiger partial charge is 0.435 e. The van der Waals surface area contributed by atoms with Crippen LogP contribution in [0.1, 0.15) is 61.3 Å². The second-order valence-electron chi connectivity index (χ2n) is 12.2. The van der Waals surface area contributed by atoms with Gasteiger partial charge in [0.1, 0.15) is 11.5 Å². The Labute approximate surface area is 261 Å². The standard InChI is InChI=1S/C33H40F3N7O2/c1-4-17-41(3)27-11-10-26(29(40-27)33(34,35)36)42-18-13-32(14-19-42)21-43(22-12-16-37-20-22)31(44)28-24(32)8-9-25(39-28)23-7-6-15-38-30(23)45-5-2/h6-11,15,22,37H,4-5,12-14,16-21H2,1-3H3. The molecule has 6 heterocycles. The van der Waals surface area contributed by atoms with Gasteiger partial charge >= 0.3 is 6.18 Å². The highest BCUT2D eigenvalue weighted by atomic mass is 19.4. The number of carbonyl (C=O) groups is 1. The number of anilines is 2. The topological polar surface area (TPSA) is 86.7 Å². The number of piperidine rings is 1. The van der Waals surface area contributed by atoms with Gasteiger partial charge in [0.25, 0.3) is 5.91 Å². The van der Waals surface area contributed by atoms with Crippen molar-refractivity contribution >= 4 is 17.4 Å². The molecule has 2 saturated heterocycles. The summed E-state index contributed by atoms with van der Waals surface area (Å²) in [5.41, 5.74) is 1.40. The molecular weight excluding hydrogens is 583 g/mol. The van der Waals surface area contributed by atoms with Crippen molar-refractivity contribution in [1.29, 1.82) is 0 Å². The molecule has 0 aliphatic carbocycles. The van der Waals surface area contributed by atoms with E-state index in [0.717, 1.165) is 24.9 Å². The van der Waals surface area contributed by atoms with E-state index < -0.39 is 17.3 Å². The first kappa shape index (κ1) is 31.1. The van der Waals surface area contributed by atoms with E-state index in [4.69, 9.17) is 9.72 Å². The van der Waals surface area contributed by atoms with Crippen molar-refractivity contribution in [2.75, 3.05) is 62.7 Å². The maximum absolute atomic E-state index is 14.3. The lowest BCUT2D eigenvalue weighted by atomic mass is 9.69. The summed E-state index contributed by atoms with van der Waals surface area (Å²) in [5, 5.41) is 3.37. The number of aromatic nitrogens is 3. The van der Waals surface area contributed by atoms with E-state index in [9.17, 15) is 18.0 Å². The molecule has 1 atom stereocenters. The fraction of sp³-hybridized carbons (Fsp3) is 0.515. The molecule has 12 heteroatoms. The van der Waals surface area contributed by atoms with Crippen LogP contribution in [-0.2, 0) is 11.6 Å². The molecule has 0 radical (unpaired) electrons. The Kier molecular flexibility index (Phi) is 8.60. The zero-order chi connectivity index (χ0) is 31.8. The van der Waals surface area contributed by atoms with Crippen LogP contribution in [0, 0.1) is 0 Å². The third kappa shape index (κ3) is 5.92. The molecule has 1 amide bonds. The minimum atomic E-state index is -4.59. The normalized spacial score (nSPS) is 19.6. The number of hydrogen-bond donors (Lipinski definition) is 1. The maximum atomic E-state index is 14.3. The van der Waals surface area contributed by atoms with Crippen LogP contribution in [0.2, 0.25) is 0 Å². The van der Waals surface area contributed by atoms with Crippen molar-refractivity contribution in [2.45, 2.75) is 57.2 Å². The van der Waals surface area contributed by atoms with Crippen molar-refractivity contribution in [3.63, 3.8) is 0 Å². The second-order valence-corrected chi connectivity index (χ2v) is 12.2. The average molecular weight is 624 g/mol. The Morgan fingerprint density at radius 3 is 2.60 bits per heavy atom. The van der Waals surface area contributed by atoms with Crippen molar-refractivity contribution in [3.05, 3.63) is 59.5 Å². The van der Waals surface area contributed by atoms with E-state index in [1.54, 1.807) is 35.2 Å². The number of ether oxygens (including phenoxy) is 1. The lowest BCUT2D eigenvalue weighted by Gasteiger charge is -2.49. The van der Waals surface area contributed by atoms with Crippen molar-refractivity contribution in [3.8, 4) is 17.1 Å². The van der Waals surface area contributed by atoms with Crippen LogP contribution in [0.25, 0.3) is 11.3 Å². The van der Waals surface area contributed by atoms with Crippen LogP contribution in [0.15, 0.2) is 42.6 Å². The van der Waals surface area contributed by atoms with Crippen LogP contribution in [0.3, 0.4) is 0 Å². The van der Waals surface area contributed by atoms with Gasteiger partial charge in [-0.3, -0.25) is 4.79 Å². The molecule has 1 N–H and O–H groups in total. The predicted molar refractivity (Wildman–Crippen MR) is 167 cm³/mol. The van der Waals surface area contributed by atoms with E-state index in [0.29, 0.717) is 80.8 Å². The number of halogens is 3. The van der Waals surface area contributed by atoms with E-state index in [2.05, 4.69) is 15.3 Å². The van der Waals surface area contributed by atoms with Gasteiger partial charge in [-0.15, -0.1) is 0 Å². The Bertz CT molecular complexity index is 1530. The molecule has 45 heavy (non-hydrogen) atoms. The van der Waals surface area contributed by atoms with Gasteiger partial charge in [0.05, 0.1) is 23.6 Å². The van der Waals surface area contributed by atoms with Gasteiger partial charge in [-0.2, -0.15) is 13.2 Å². The molecule has 2 fully saturated rings. The number of carbonyl (C=O) groups excluding carboxylic acids is 1. The lowest BCUT2D eigenvalue weighted by Crippen LogP contribution is -2.57. The van der Waals surface area contributed by atoms with Gasteiger partial charge in [0.15, 0.2) is 5.69 Å². The Morgan fingerprint density at radius 2 is 1.91 bits per heavy atom. The fourth-order valence-electron chi connectivity index (χ4n) is 7.03. The quantitative estimate of drug-likeness (QED) is 0.369. The number of fused-ring (bicyclic) bond motifs is 2. The molecule has 3 aromatic rings. The number of amides is 1. The van der Waals surface area contributed by atoms with Crippen molar-refractivity contribution in [2.24, 2.45) is 0 Å². The zero-order valence-electron chi connectivity index (χ0n) is 26.0. The number of alkyl halides is 3. The molecule has 1 unspecified atom stereocenters. The molecule has 3 aliphatic heterocycles. The molecule has 240 valence electrons. The average Bonchev–Trinajstić information content (AvgIpc) is 3.58. The third-order valence-electron chi connectivity index (χ3n) is 9.35. The molecule has 3 aromatic heterocycles. The molecule has 0 saturated carbocycles. The fourth-order valence-corrected chi connectivity index (χ4v) is 7.03. The lowest BCUT2D eigenvalue weighted by molar-refractivity contribution is -0.140. The first-order valence-corrected chi connectivity index (χ1v) is 15.8. The van der Waals surface area contributed by atoms with Gasteiger partial charge in [-0.05, 0) is 75.0 Å². The van der Waals surface area contributed by atoms with E-state index in [1.165, 1.54) is 0 Å². The summed E-state index contributed by atoms with van der Waals surface area (Å²) in [6.45, 7) is 7.79. The number of pyridine rings is 3. The van der Waals surface area contributed by atoms with Gasteiger partial charge in [0.2, 0.25) is 5.88 Å². The first-order valence-electron chi connectivity index (χ1n) is 15.8. The number of nitrogens with zero attached hydrogens (tertiary/aromatic N) is 6. The third-order valence-corrected chi connectivity index (χ3v) is 9.35. The highest BCUT2D eigenvalue weighted by molar-refractivity contribution is 5.96. The highest BCUT2D eigenvalue weighted by Crippen LogP contribution is 2.45. The molecular formula is C33H40F3N7O2. The van der Waals surface area contributed by atoms with Gasteiger partial charge in [0, 0.05) is 57.4 Å². The summed E-state index contributed by atoms with van der Waals surface area (Å²) in [6.07, 6.45) is -0.115. The molecule has 9 nitrogen and oxygen atoms in total. The van der Waals surface area contributed by atoms with Gasteiger partial charge in [-0.25, -0.2) is 15.0 Å². The van der Waals surface area contributed by atoms with E-state index in [1.807, 2.05) is 43.0 Å². The SMILES string of the molecule is CCCN(C)c1ccc(N2CCC3(CC2)CN(C2CCNC2)C(=O)c2nc(-c4cccnc4OCC)ccc23)c(C(F)(F)F)n1. The van der Waals surface area contributed by atoms with Crippen LogP contribution < -0.4 is 19.9 Å². The second kappa shape index (κ2) is 12.5. The van der Waals surface area contributed by atoms with Crippen LogP contribution >= 0.6 is 0 Å². The molecule has 3 aliphatic rings. The summed E-state index contributed by atoms with van der Waals surface area (Å²) >= 11 is 0. The highest BCUT2D eigenvalue weighted by Gasteiger charge is 2.48. The van der Waals surface area contributed by atoms with E-state index in [-0.39, 0.29) is 17.6 Å². The Hall–Kier alpha value is -3.93. The molecule has 6 rings (SSSR count). The molecule has 0 aromatic carbocycles. The van der Waals surface area contributed by atoms with Crippen molar-refractivity contribution in [1.82, 2.24) is 25.2 Å². The Balaban J connectivity index is 1.35.